The predicted octanol–water partition coefficient (Wildman–Crippen LogP) is 1.68. The van der Waals surface area contributed by atoms with Crippen LogP contribution in [-0.2, 0) is 0 Å². The van der Waals surface area contributed by atoms with E-state index in [-0.39, 0.29) is 16.5 Å². The molecule has 0 spiro atoms. The number of carbonyl (C=O) groups excluding carboxylic acids is 1. The highest BCUT2D eigenvalue weighted by Gasteiger charge is 2.25. The predicted molar refractivity (Wildman–Crippen MR) is 105 cm³/mol. The number of anilines is 1. The van der Waals surface area contributed by atoms with Crippen molar-refractivity contribution in [1.82, 2.24) is 20.0 Å². The Bertz CT molecular complexity index is 853. The van der Waals surface area contributed by atoms with Gasteiger partial charge in [0.25, 0.3) is 11.6 Å². The summed E-state index contributed by atoms with van der Waals surface area (Å²) in [7, 11) is 0. The molecule has 1 amide bonds. The molecule has 4 rings (SSSR count). The van der Waals surface area contributed by atoms with E-state index in [9.17, 15) is 14.9 Å². The number of non-ortho nitro benzene ring substituents is 1. The van der Waals surface area contributed by atoms with Gasteiger partial charge in [-0.1, -0.05) is 6.07 Å². The van der Waals surface area contributed by atoms with Gasteiger partial charge in [0.1, 0.15) is 5.69 Å². The summed E-state index contributed by atoms with van der Waals surface area (Å²) < 4.78 is 1.90. The van der Waals surface area contributed by atoms with E-state index >= 15 is 0 Å². The molecule has 28 heavy (non-hydrogen) atoms. The van der Waals surface area contributed by atoms with Gasteiger partial charge in [-0.3, -0.25) is 19.6 Å². The van der Waals surface area contributed by atoms with Gasteiger partial charge in [0.05, 0.1) is 11.0 Å². The molecule has 1 aromatic heterocycles. The quantitative estimate of drug-likeness (QED) is 0.636. The molecule has 3 heterocycles. The van der Waals surface area contributed by atoms with Crippen LogP contribution in [0.25, 0.3) is 0 Å². The number of piperazine rings is 1. The number of nitrogens with zero attached hydrogens (tertiary/aromatic N) is 5. The lowest BCUT2D eigenvalue weighted by atomic mass is 10.1. The molecule has 2 saturated heterocycles. The van der Waals surface area contributed by atoms with Gasteiger partial charge in [-0.25, -0.2) is 0 Å². The standard InChI is InChI=1S/C19H24N6O3/c26-19(18-6-8-24(21-18)17-5-2-7-20-14-17)23-11-9-22(10-12-23)15-3-1-4-16(13-15)25(27)28/h1,3-4,6,8,13,17,20H,2,5,7,9-12,14H2. The van der Waals surface area contributed by atoms with E-state index in [0.29, 0.717) is 37.9 Å². The fourth-order valence-corrected chi connectivity index (χ4v) is 3.85. The van der Waals surface area contributed by atoms with Crippen molar-refractivity contribution in [2.45, 2.75) is 18.9 Å². The zero-order valence-electron chi connectivity index (χ0n) is 15.7. The Morgan fingerprint density at radius 1 is 1.21 bits per heavy atom. The van der Waals surface area contributed by atoms with Crippen molar-refractivity contribution in [3.8, 4) is 0 Å². The molecule has 0 aliphatic carbocycles. The van der Waals surface area contributed by atoms with E-state index in [1.807, 2.05) is 16.9 Å². The summed E-state index contributed by atoms with van der Waals surface area (Å²) in [6, 6.07) is 8.73. The molecule has 2 aromatic rings. The van der Waals surface area contributed by atoms with Crippen molar-refractivity contribution in [1.29, 1.82) is 0 Å². The highest BCUT2D eigenvalue weighted by Crippen LogP contribution is 2.23. The minimum atomic E-state index is -0.387. The highest BCUT2D eigenvalue weighted by molar-refractivity contribution is 5.92. The topological polar surface area (TPSA) is 96.5 Å². The van der Waals surface area contributed by atoms with Crippen molar-refractivity contribution in [2.75, 3.05) is 44.2 Å². The number of aromatic nitrogens is 2. The summed E-state index contributed by atoms with van der Waals surface area (Å²) in [5.74, 6) is -0.0544. The summed E-state index contributed by atoms with van der Waals surface area (Å²) >= 11 is 0. The van der Waals surface area contributed by atoms with E-state index in [0.717, 1.165) is 31.6 Å². The van der Waals surface area contributed by atoms with E-state index < -0.39 is 0 Å². The van der Waals surface area contributed by atoms with Crippen molar-refractivity contribution >= 4 is 17.3 Å². The Hall–Kier alpha value is -2.94. The molecule has 0 saturated carbocycles. The Morgan fingerprint density at radius 3 is 2.75 bits per heavy atom. The molecule has 1 atom stereocenters. The van der Waals surface area contributed by atoms with Gasteiger partial charge in [0.15, 0.2) is 0 Å². The van der Waals surface area contributed by atoms with Crippen molar-refractivity contribution in [3.63, 3.8) is 0 Å². The summed E-state index contributed by atoms with van der Waals surface area (Å²) in [4.78, 5) is 27.3. The van der Waals surface area contributed by atoms with E-state index in [2.05, 4.69) is 15.3 Å². The fourth-order valence-electron chi connectivity index (χ4n) is 3.85. The maximum Gasteiger partial charge on any atom is 0.274 e. The molecule has 1 unspecified atom stereocenters. The van der Waals surface area contributed by atoms with Gasteiger partial charge >= 0.3 is 0 Å². The van der Waals surface area contributed by atoms with Gasteiger partial charge in [-0.15, -0.1) is 0 Å². The molecule has 0 radical (unpaired) electrons. The van der Waals surface area contributed by atoms with Gasteiger partial charge in [0, 0.05) is 56.7 Å². The minimum absolute atomic E-state index is 0.0544. The molecule has 9 nitrogen and oxygen atoms in total. The van der Waals surface area contributed by atoms with Crippen LogP contribution in [0.5, 0.6) is 0 Å². The van der Waals surface area contributed by atoms with Crippen LogP contribution in [0.3, 0.4) is 0 Å². The number of amides is 1. The summed E-state index contributed by atoms with van der Waals surface area (Å²) in [5.41, 5.74) is 1.38. The van der Waals surface area contributed by atoms with Gasteiger partial charge in [-0.2, -0.15) is 5.10 Å². The number of piperidine rings is 1. The van der Waals surface area contributed by atoms with Gasteiger partial charge in [-0.05, 0) is 31.5 Å². The molecule has 9 heteroatoms. The summed E-state index contributed by atoms with van der Waals surface area (Å²) in [6.45, 7) is 4.34. The third kappa shape index (κ3) is 3.84. The van der Waals surface area contributed by atoms with Crippen molar-refractivity contribution < 1.29 is 9.72 Å². The van der Waals surface area contributed by atoms with Crippen LogP contribution in [0.15, 0.2) is 36.5 Å². The number of nitrogens with one attached hydrogen (secondary N) is 1. The SMILES string of the molecule is O=C(c1ccn(C2CCCNC2)n1)N1CCN(c2cccc([N+](=O)[O-])c2)CC1. The van der Waals surface area contributed by atoms with Gasteiger partial charge in [0.2, 0.25) is 0 Å². The zero-order valence-corrected chi connectivity index (χ0v) is 15.7. The second-order valence-corrected chi connectivity index (χ2v) is 7.24. The minimum Gasteiger partial charge on any atom is -0.368 e. The molecule has 0 bridgehead atoms. The van der Waals surface area contributed by atoms with Crippen LogP contribution in [0, 0.1) is 10.1 Å². The monoisotopic (exact) mass is 384 g/mol. The van der Waals surface area contributed by atoms with Crippen LogP contribution in [0.4, 0.5) is 11.4 Å². The third-order valence-electron chi connectivity index (χ3n) is 5.45. The molecule has 2 fully saturated rings. The Kier molecular flexibility index (Phi) is 5.25. The molecule has 2 aliphatic heterocycles. The fraction of sp³-hybridized carbons (Fsp3) is 0.474. The number of nitro groups is 1. The normalized spacial score (nSPS) is 20.2. The average molecular weight is 384 g/mol. The first-order chi connectivity index (χ1) is 13.6. The maximum absolute atomic E-state index is 12.8. The summed E-state index contributed by atoms with van der Waals surface area (Å²) in [6.07, 6.45) is 4.09. The molecule has 2 aliphatic rings. The van der Waals surface area contributed by atoms with Crippen LogP contribution >= 0.6 is 0 Å². The Balaban J connectivity index is 1.37. The number of benzene rings is 1. The number of carbonyl (C=O) groups is 1. The highest BCUT2D eigenvalue weighted by atomic mass is 16.6. The number of hydrogen-bond donors (Lipinski definition) is 1. The molecule has 148 valence electrons. The largest absolute Gasteiger partial charge is 0.368 e. The second kappa shape index (κ2) is 7.97. The number of nitro benzene ring substituents is 1. The first-order valence-corrected chi connectivity index (χ1v) is 9.66. The lowest BCUT2D eigenvalue weighted by Crippen LogP contribution is -2.49. The number of hydrogen-bond acceptors (Lipinski definition) is 6. The smallest absolute Gasteiger partial charge is 0.274 e. The van der Waals surface area contributed by atoms with Crippen LogP contribution in [0.1, 0.15) is 29.4 Å². The molecule has 1 N–H and O–H groups in total. The van der Waals surface area contributed by atoms with E-state index in [4.69, 9.17) is 0 Å². The maximum atomic E-state index is 12.8. The van der Waals surface area contributed by atoms with Crippen LogP contribution < -0.4 is 10.2 Å². The molecular formula is C19H24N6O3. The number of rotatable bonds is 4. The first-order valence-electron chi connectivity index (χ1n) is 9.66. The van der Waals surface area contributed by atoms with Crippen LogP contribution in [0.2, 0.25) is 0 Å². The average Bonchev–Trinajstić information content (AvgIpc) is 3.24. The zero-order chi connectivity index (χ0) is 19.5. The second-order valence-electron chi connectivity index (χ2n) is 7.24. The van der Waals surface area contributed by atoms with Gasteiger partial charge < -0.3 is 15.1 Å². The van der Waals surface area contributed by atoms with E-state index in [1.54, 1.807) is 23.1 Å². The lowest BCUT2D eigenvalue weighted by Gasteiger charge is -2.35. The Labute approximate surface area is 163 Å². The molecular weight excluding hydrogens is 360 g/mol. The third-order valence-corrected chi connectivity index (χ3v) is 5.45. The van der Waals surface area contributed by atoms with E-state index in [1.165, 1.54) is 6.07 Å². The van der Waals surface area contributed by atoms with Crippen molar-refractivity contribution in [3.05, 3.63) is 52.3 Å². The first kappa shape index (κ1) is 18.4. The molecule has 1 aromatic carbocycles. The van der Waals surface area contributed by atoms with Crippen LogP contribution in [-0.4, -0.2) is 64.8 Å². The Morgan fingerprint density at radius 2 is 2.04 bits per heavy atom. The van der Waals surface area contributed by atoms with Crippen molar-refractivity contribution in [2.24, 2.45) is 0 Å². The lowest BCUT2D eigenvalue weighted by molar-refractivity contribution is -0.384. The summed E-state index contributed by atoms with van der Waals surface area (Å²) in [5, 5.41) is 18.8.